The van der Waals surface area contributed by atoms with Crippen LogP contribution in [0.4, 0.5) is 14.7 Å². The van der Waals surface area contributed by atoms with Crippen molar-refractivity contribution in [1.29, 1.82) is 0 Å². The van der Waals surface area contributed by atoms with E-state index < -0.39 is 11.6 Å². The SMILES string of the molecule is CN(CC1COCCO1)c1nnnn1CCc1ccc(F)cc1F. The number of benzene rings is 1. The number of rotatable bonds is 6. The van der Waals surface area contributed by atoms with Gasteiger partial charge in [0.05, 0.1) is 32.5 Å². The number of halogens is 2. The summed E-state index contributed by atoms with van der Waals surface area (Å²) >= 11 is 0. The monoisotopic (exact) mass is 339 g/mol. The third-order valence-corrected chi connectivity index (χ3v) is 3.82. The molecule has 2 heterocycles. The van der Waals surface area contributed by atoms with Crippen molar-refractivity contribution >= 4 is 5.95 Å². The highest BCUT2D eigenvalue weighted by molar-refractivity contribution is 5.27. The van der Waals surface area contributed by atoms with Crippen LogP contribution in [-0.2, 0) is 22.4 Å². The molecule has 0 N–H and O–H groups in total. The Balaban J connectivity index is 1.61. The second-order valence-electron chi connectivity index (χ2n) is 5.64. The van der Waals surface area contributed by atoms with Crippen LogP contribution in [0.3, 0.4) is 0 Å². The van der Waals surface area contributed by atoms with Crippen LogP contribution in [0.5, 0.6) is 0 Å². The molecule has 1 fully saturated rings. The summed E-state index contributed by atoms with van der Waals surface area (Å²) in [4.78, 5) is 1.88. The molecule has 1 saturated heterocycles. The zero-order valence-electron chi connectivity index (χ0n) is 13.4. The summed E-state index contributed by atoms with van der Waals surface area (Å²) in [5.41, 5.74) is 0.421. The number of ether oxygens (including phenoxy) is 2. The summed E-state index contributed by atoms with van der Waals surface area (Å²) < 4.78 is 39.2. The van der Waals surface area contributed by atoms with Gasteiger partial charge in [-0.25, -0.2) is 13.5 Å². The van der Waals surface area contributed by atoms with E-state index in [0.717, 1.165) is 6.07 Å². The molecule has 7 nitrogen and oxygen atoms in total. The quantitative estimate of drug-likeness (QED) is 0.784. The molecule has 1 aliphatic heterocycles. The number of aryl methyl sites for hydroxylation is 2. The van der Waals surface area contributed by atoms with Crippen molar-refractivity contribution in [2.75, 3.05) is 38.3 Å². The van der Waals surface area contributed by atoms with Crippen LogP contribution in [0.15, 0.2) is 18.2 Å². The number of aromatic nitrogens is 4. The van der Waals surface area contributed by atoms with Crippen LogP contribution in [0, 0.1) is 11.6 Å². The molecule has 1 atom stereocenters. The molecule has 1 unspecified atom stereocenters. The Labute approximate surface area is 138 Å². The summed E-state index contributed by atoms with van der Waals surface area (Å²) in [6.45, 7) is 2.70. The van der Waals surface area contributed by atoms with E-state index in [-0.39, 0.29) is 6.10 Å². The minimum atomic E-state index is -0.589. The normalized spacial score (nSPS) is 17.9. The Morgan fingerprint density at radius 1 is 1.33 bits per heavy atom. The lowest BCUT2D eigenvalue weighted by Gasteiger charge is -2.27. The minimum Gasteiger partial charge on any atom is -0.376 e. The molecule has 0 radical (unpaired) electrons. The molecule has 1 aromatic heterocycles. The summed E-state index contributed by atoms with van der Waals surface area (Å²) in [5.74, 6) is -0.591. The Morgan fingerprint density at radius 2 is 2.21 bits per heavy atom. The van der Waals surface area contributed by atoms with E-state index in [0.29, 0.717) is 50.8 Å². The zero-order valence-corrected chi connectivity index (χ0v) is 13.4. The number of tetrazole rings is 1. The molecule has 3 rings (SSSR count). The Kier molecular flexibility index (Phi) is 5.31. The van der Waals surface area contributed by atoms with Crippen molar-refractivity contribution in [2.45, 2.75) is 19.1 Å². The van der Waals surface area contributed by atoms with Gasteiger partial charge in [-0.15, -0.1) is 0 Å². The minimum absolute atomic E-state index is 0.0385. The van der Waals surface area contributed by atoms with Gasteiger partial charge in [0.1, 0.15) is 11.6 Å². The molecule has 0 saturated carbocycles. The summed E-state index contributed by atoms with van der Waals surface area (Å²) in [6, 6.07) is 3.56. The lowest BCUT2D eigenvalue weighted by atomic mass is 10.1. The third kappa shape index (κ3) is 4.04. The highest BCUT2D eigenvalue weighted by Gasteiger charge is 2.20. The fourth-order valence-corrected chi connectivity index (χ4v) is 2.60. The van der Waals surface area contributed by atoms with Gasteiger partial charge in [-0.1, -0.05) is 11.2 Å². The van der Waals surface area contributed by atoms with Crippen LogP contribution < -0.4 is 4.90 Å². The number of likely N-dealkylation sites (N-methyl/N-ethyl adjacent to an activating group) is 1. The van der Waals surface area contributed by atoms with Gasteiger partial charge in [-0.3, -0.25) is 0 Å². The van der Waals surface area contributed by atoms with Gasteiger partial charge in [-0.05, 0) is 28.5 Å². The first-order chi connectivity index (χ1) is 11.6. The molecule has 0 aliphatic carbocycles. The average molecular weight is 339 g/mol. The van der Waals surface area contributed by atoms with Gasteiger partial charge in [-0.2, -0.15) is 0 Å². The van der Waals surface area contributed by atoms with E-state index >= 15 is 0 Å². The van der Waals surface area contributed by atoms with Crippen molar-refractivity contribution in [2.24, 2.45) is 0 Å². The fourth-order valence-electron chi connectivity index (χ4n) is 2.60. The second kappa shape index (κ2) is 7.63. The maximum absolute atomic E-state index is 13.7. The standard InChI is InChI=1S/C15H19F2N5O2/c1-21(9-13-10-23-6-7-24-13)15-18-19-20-22(15)5-4-11-2-3-12(16)8-14(11)17/h2-3,8,13H,4-7,9-10H2,1H3. The molecule has 0 amide bonds. The molecule has 24 heavy (non-hydrogen) atoms. The molecule has 0 spiro atoms. The summed E-state index contributed by atoms with van der Waals surface area (Å²) in [7, 11) is 1.86. The number of nitrogens with zero attached hydrogens (tertiary/aromatic N) is 5. The van der Waals surface area contributed by atoms with E-state index in [4.69, 9.17) is 9.47 Å². The average Bonchev–Trinajstić information content (AvgIpc) is 3.03. The van der Waals surface area contributed by atoms with Gasteiger partial charge in [0.25, 0.3) is 0 Å². The van der Waals surface area contributed by atoms with Gasteiger partial charge < -0.3 is 14.4 Å². The lowest BCUT2D eigenvalue weighted by molar-refractivity contribution is -0.0838. The van der Waals surface area contributed by atoms with Gasteiger partial charge in [0.15, 0.2) is 0 Å². The molecular weight excluding hydrogens is 320 g/mol. The van der Waals surface area contributed by atoms with Crippen molar-refractivity contribution in [1.82, 2.24) is 20.2 Å². The van der Waals surface area contributed by atoms with Crippen molar-refractivity contribution in [3.05, 3.63) is 35.4 Å². The molecule has 1 aliphatic rings. The Hall–Kier alpha value is -2.13. The first kappa shape index (κ1) is 16.7. The maximum Gasteiger partial charge on any atom is 0.245 e. The Bertz CT molecular complexity index is 676. The fraction of sp³-hybridized carbons (Fsp3) is 0.533. The van der Waals surface area contributed by atoms with E-state index in [1.807, 2.05) is 11.9 Å². The topological polar surface area (TPSA) is 65.3 Å². The predicted molar refractivity (Wildman–Crippen MR) is 81.7 cm³/mol. The van der Waals surface area contributed by atoms with Crippen molar-refractivity contribution < 1.29 is 18.3 Å². The summed E-state index contributed by atoms with van der Waals surface area (Å²) in [5, 5.41) is 11.6. The van der Waals surface area contributed by atoms with Gasteiger partial charge in [0, 0.05) is 19.7 Å². The van der Waals surface area contributed by atoms with Crippen LogP contribution in [0.1, 0.15) is 5.56 Å². The number of anilines is 1. The van der Waals surface area contributed by atoms with E-state index in [2.05, 4.69) is 15.5 Å². The van der Waals surface area contributed by atoms with Crippen LogP contribution >= 0.6 is 0 Å². The molecular formula is C15H19F2N5O2. The highest BCUT2D eigenvalue weighted by Crippen LogP contribution is 2.14. The van der Waals surface area contributed by atoms with Gasteiger partial charge in [0.2, 0.25) is 5.95 Å². The number of hydrogen-bond acceptors (Lipinski definition) is 6. The van der Waals surface area contributed by atoms with E-state index in [1.165, 1.54) is 12.1 Å². The smallest absolute Gasteiger partial charge is 0.245 e. The van der Waals surface area contributed by atoms with Crippen LogP contribution in [0.2, 0.25) is 0 Å². The molecule has 1 aromatic carbocycles. The highest BCUT2D eigenvalue weighted by atomic mass is 19.1. The lowest BCUT2D eigenvalue weighted by Crippen LogP contribution is -2.39. The van der Waals surface area contributed by atoms with Gasteiger partial charge >= 0.3 is 0 Å². The molecule has 2 aromatic rings. The van der Waals surface area contributed by atoms with Crippen LogP contribution in [-0.4, -0.2) is 59.7 Å². The Morgan fingerprint density at radius 3 is 2.96 bits per heavy atom. The second-order valence-corrected chi connectivity index (χ2v) is 5.64. The predicted octanol–water partition coefficient (Wildman–Crippen LogP) is 1.05. The maximum atomic E-state index is 13.7. The zero-order chi connectivity index (χ0) is 16.9. The summed E-state index contributed by atoms with van der Waals surface area (Å²) in [6.07, 6.45) is 0.324. The van der Waals surface area contributed by atoms with Crippen molar-refractivity contribution in [3.63, 3.8) is 0 Å². The van der Waals surface area contributed by atoms with E-state index in [9.17, 15) is 8.78 Å². The first-order valence-corrected chi connectivity index (χ1v) is 7.74. The first-order valence-electron chi connectivity index (χ1n) is 7.74. The van der Waals surface area contributed by atoms with Crippen molar-refractivity contribution in [3.8, 4) is 0 Å². The molecule has 9 heteroatoms. The largest absolute Gasteiger partial charge is 0.376 e. The molecule has 130 valence electrons. The van der Waals surface area contributed by atoms with Crippen LogP contribution in [0.25, 0.3) is 0 Å². The van der Waals surface area contributed by atoms with E-state index in [1.54, 1.807) is 4.68 Å². The number of hydrogen-bond donors (Lipinski definition) is 0. The third-order valence-electron chi connectivity index (χ3n) is 3.82. The molecule has 0 bridgehead atoms.